The molecule has 3 aromatic carbocycles. The lowest BCUT2D eigenvalue weighted by molar-refractivity contribution is -0.117. The zero-order chi connectivity index (χ0) is 25.9. The number of carbonyl (C=O) groups is 3. The molecule has 5 rings (SSSR count). The molecule has 1 aliphatic rings. The number of hydrogen-bond donors (Lipinski definition) is 2. The number of carbonyl (C=O) groups excluding carboxylic acids is 3. The molecule has 0 aliphatic carbocycles. The zero-order valence-electron chi connectivity index (χ0n) is 19.8. The highest BCUT2D eigenvalue weighted by Gasteiger charge is 2.36. The number of ketones is 1. The molecular formula is C28H21N5O4. The number of amides is 2. The largest absolute Gasteiger partial charge is 0.488 e. The average Bonchev–Trinajstić information content (AvgIpc) is 3.30. The minimum Gasteiger partial charge on any atom is -0.488 e. The Morgan fingerprint density at radius 2 is 1.68 bits per heavy atom. The topological polar surface area (TPSA) is 126 Å². The first-order valence-corrected chi connectivity index (χ1v) is 11.5. The highest BCUT2D eigenvalue weighted by Crippen LogP contribution is 2.42. The summed E-state index contributed by atoms with van der Waals surface area (Å²) in [6.07, 6.45) is 0. The number of Topliss-reactive ketones (excluding diaryl/α,β-unsaturated/α-hetero) is 1. The molecule has 1 atom stereocenters. The molecule has 2 amide bonds. The van der Waals surface area contributed by atoms with Crippen molar-refractivity contribution in [3.63, 3.8) is 0 Å². The molecule has 0 spiro atoms. The van der Waals surface area contributed by atoms with E-state index in [4.69, 9.17) is 4.74 Å². The van der Waals surface area contributed by atoms with E-state index in [1.807, 2.05) is 36.4 Å². The fraction of sp³-hybridized carbons (Fsp3) is 0.107. The third-order valence-electron chi connectivity index (χ3n) is 5.84. The maximum atomic E-state index is 13.6. The van der Waals surface area contributed by atoms with Gasteiger partial charge in [0.15, 0.2) is 5.92 Å². The number of hydrogen-bond acceptors (Lipinski definition) is 6. The van der Waals surface area contributed by atoms with Gasteiger partial charge in [0.2, 0.25) is 17.6 Å². The number of nitrogens with zero attached hydrogens (tertiary/aromatic N) is 3. The Labute approximate surface area is 212 Å². The molecule has 2 N–H and O–H groups in total. The van der Waals surface area contributed by atoms with Crippen LogP contribution in [-0.2, 0) is 16.2 Å². The molecule has 0 fully saturated rings. The summed E-state index contributed by atoms with van der Waals surface area (Å²) < 4.78 is 7.52. The van der Waals surface area contributed by atoms with E-state index in [1.165, 1.54) is 6.92 Å². The summed E-state index contributed by atoms with van der Waals surface area (Å²) in [7, 11) is 0. The highest BCUT2D eigenvalue weighted by atomic mass is 16.5. The van der Waals surface area contributed by atoms with Gasteiger partial charge < -0.3 is 15.4 Å². The van der Waals surface area contributed by atoms with E-state index in [9.17, 15) is 19.6 Å². The number of ether oxygens (including phenoxy) is 1. The van der Waals surface area contributed by atoms with Gasteiger partial charge in [0, 0.05) is 29.4 Å². The van der Waals surface area contributed by atoms with Crippen LogP contribution in [0.4, 0.5) is 11.4 Å². The Morgan fingerprint density at radius 3 is 2.35 bits per heavy atom. The first kappa shape index (κ1) is 23.5. The number of aromatic nitrogens is 2. The predicted molar refractivity (Wildman–Crippen MR) is 136 cm³/mol. The fourth-order valence-electron chi connectivity index (χ4n) is 4.20. The van der Waals surface area contributed by atoms with E-state index >= 15 is 0 Å². The number of anilines is 2. The van der Waals surface area contributed by atoms with Crippen LogP contribution in [0.5, 0.6) is 5.75 Å². The SMILES string of the molecule is CC(=O)Nc1ccc2c(c1)-c1c(c(C(=O)C(C#N)C(=O)Nc3ccccc3)nn1-c1ccccc1)CO2. The van der Waals surface area contributed by atoms with Crippen LogP contribution in [0.1, 0.15) is 23.0 Å². The molecule has 4 aromatic rings. The van der Waals surface area contributed by atoms with Crippen molar-refractivity contribution < 1.29 is 19.1 Å². The van der Waals surface area contributed by atoms with Crippen LogP contribution in [0.3, 0.4) is 0 Å². The predicted octanol–water partition coefficient (Wildman–Crippen LogP) is 4.35. The smallest absolute Gasteiger partial charge is 0.249 e. The van der Waals surface area contributed by atoms with Crippen molar-refractivity contribution in [1.29, 1.82) is 5.26 Å². The van der Waals surface area contributed by atoms with E-state index in [0.29, 0.717) is 39.6 Å². The first-order valence-electron chi connectivity index (χ1n) is 11.5. The Hall–Kier alpha value is -5.23. The van der Waals surface area contributed by atoms with Crippen LogP contribution in [0, 0.1) is 17.2 Å². The van der Waals surface area contributed by atoms with E-state index in [0.717, 1.165) is 0 Å². The number of benzene rings is 3. The van der Waals surface area contributed by atoms with Crippen LogP contribution >= 0.6 is 0 Å². The fourth-order valence-corrected chi connectivity index (χ4v) is 4.20. The summed E-state index contributed by atoms with van der Waals surface area (Å²) in [5.41, 5.74) is 3.33. The quantitative estimate of drug-likeness (QED) is 0.305. The maximum Gasteiger partial charge on any atom is 0.249 e. The third kappa shape index (κ3) is 4.56. The van der Waals surface area contributed by atoms with E-state index in [2.05, 4.69) is 15.7 Å². The van der Waals surface area contributed by atoms with Crippen LogP contribution in [-0.4, -0.2) is 27.4 Å². The van der Waals surface area contributed by atoms with Gasteiger partial charge in [-0.05, 0) is 42.5 Å². The molecule has 1 aromatic heterocycles. The van der Waals surface area contributed by atoms with Gasteiger partial charge in [0.25, 0.3) is 0 Å². The van der Waals surface area contributed by atoms with Gasteiger partial charge in [-0.25, -0.2) is 4.68 Å². The van der Waals surface area contributed by atoms with Crippen molar-refractivity contribution >= 4 is 29.0 Å². The molecule has 0 radical (unpaired) electrons. The number of nitrogens with one attached hydrogen (secondary N) is 2. The molecular weight excluding hydrogens is 470 g/mol. The minimum absolute atomic E-state index is 0.0220. The number of fused-ring (bicyclic) bond motifs is 3. The summed E-state index contributed by atoms with van der Waals surface area (Å²) in [5.74, 6) is -2.77. The monoisotopic (exact) mass is 491 g/mol. The van der Waals surface area contributed by atoms with Crippen molar-refractivity contribution in [3.05, 3.63) is 90.1 Å². The van der Waals surface area contributed by atoms with E-state index < -0.39 is 17.6 Å². The van der Waals surface area contributed by atoms with Gasteiger partial charge in [-0.2, -0.15) is 10.4 Å². The van der Waals surface area contributed by atoms with Crippen LogP contribution in [0.15, 0.2) is 78.9 Å². The Balaban J connectivity index is 1.61. The molecule has 2 heterocycles. The van der Waals surface area contributed by atoms with Gasteiger partial charge in [-0.1, -0.05) is 36.4 Å². The first-order chi connectivity index (χ1) is 18.0. The Bertz CT molecular complexity index is 1550. The summed E-state index contributed by atoms with van der Waals surface area (Å²) in [6.45, 7) is 1.43. The second-order valence-corrected chi connectivity index (χ2v) is 8.39. The summed E-state index contributed by atoms with van der Waals surface area (Å²) in [6, 6.07) is 24.8. The van der Waals surface area contributed by atoms with Crippen LogP contribution < -0.4 is 15.4 Å². The molecule has 37 heavy (non-hydrogen) atoms. The highest BCUT2D eigenvalue weighted by molar-refractivity contribution is 6.16. The molecule has 182 valence electrons. The van der Waals surface area contributed by atoms with Gasteiger partial charge in [-0.15, -0.1) is 0 Å². The Kier molecular flexibility index (Phi) is 6.22. The van der Waals surface area contributed by atoms with E-state index in [1.54, 1.807) is 53.2 Å². The molecule has 1 unspecified atom stereocenters. The summed E-state index contributed by atoms with van der Waals surface area (Å²) in [5, 5.41) is 19.7. The van der Waals surface area contributed by atoms with Gasteiger partial charge in [-0.3, -0.25) is 14.4 Å². The number of rotatable bonds is 6. The zero-order valence-corrected chi connectivity index (χ0v) is 19.8. The average molecular weight is 492 g/mol. The molecule has 9 heteroatoms. The van der Waals surface area contributed by atoms with Crippen molar-refractivity contribution in [2.75, 3.05) is 10.6 Å². The third-order valence-corrected chi connectivity index (χ3v) is 5.84. The molecule has 0 bridgehead atoms. The lowest BCUT2D eigenvalue weighted by Crippen LogP contribution is -2.29. The van der Waals surface area contributed by atoms with Crippen molar-refractivity contribution in [2.45, 2.75) is 13.5 Å². The van der Waals surface area contributed by atoms with Crippen molar-refractivity contribution in [1.82, 2.24) is 9.78 Å². The normalized spacial score (nSPS) is 12.2. The molecule has 0 saturated carbocycles. The lowest BCUT2D eigenvalue weighted by atomic mass is 9.95. The van der Waals surface area contributed by atoms with Gasteiger partial charge >= 0.3 is 0 Å². The maximum absolute atomic E-state index is 13.6. The van der Waals surface area contributed by atoms with Crippen molar-refractivity contribution in [3.8, 4) is 28.8 Å². The standard InChI is InChI=1S/C28H21N5O4/c1-17(34)30-19-12-13-24-21(14-19)26-23(16-37-24)25(32-33(26)20-10-6-3-7-11-20)27(35)22(15-29)28(36)31-18-8-4-2-5-9-18/h2-14,22H,16H2,1H3,(H,30,34)(H,31,36). The molecule has 1 aliphatic heterocycles. The lowest BCUT2D eigenvalue weighted by Gasteiger charge is -2.21. The molecule has 0 saturated heterocycles. The van der Waals surface area contributed by atoms with Crippen LogP contribution in [0.2, 0.25) is 0 Å². The van der Waals surface area contributed by atoms with E-state index in [-0.39, 0.29) is 18.2 Å². The Morgan fingerprint density at radius 1 is 0.973 bits per heavy atom. The minimum atomic E-state index is -1.62. The molecule has 9 nitrogen and oxygen atoms in total. The van der Waals surface area contributed by atoms with Gasteiger partial charge in [0.1, 0.15) is 18.1 Å². The van der Waals surface area contributed by atoms with Crippen LogP contribution in [0.25, 0.3) is 16.9 Å². The second-order valence-electron chi connectivity index (χ2n) is 8.39. The second kappa shape index (κ2) is 9.79. The number of nitriles is 1. The number of para-hydroxylation sites is 2. The van der Waals surface area contributed by atoms with Gasteiger partial charge in [0.05, 0.1) is 17.5 Å². The van der Waals surface area contributed by atoms with Crippen molar-refractivity contribution in [2.24, 2.45) is 5.92 Å². The summed E-state index contributed by atoms with van der Waals surface area (Å²) in [4.78, 5) is 38.1. The summed E-state index contributed by atoms with van der Waals surface area (Å²) >= 11 is 0.